The number of hydrogen-bond donors (Lipinski definition) is 0. The molecule has 0 spiro atoms. The van der Waals surface area contributed by atoms with Gasteiger partial charge in [-0.05, 0) is 0 Å². The predicted molar refractivity (Wildman–Crippen MR) is 97.6 cm³/mol. The minimum atomic E-state index is -0.291. The summed E-state index contributed by atoms with van der Waals surface area (Å²) in [6.07, 6.45) is 18.2. The summed E-state index contributed by atoms with van der Waals surface area (Å²) in [6, 6.07) is 0. The molecule has 0 aliphatic rings. The van der Waals surface area contributed by atoms with Crippen LogP contribution in [0, 0.1) is 0 Å². The van der Waals surface area contributed by atoms with Crippen LogP contribution in [0.3, 0.4) is 0 Å². The van der Waals surface area contributed by atoms with Crippen molar-refractivity contribution in [2.24, 2.45) is 0 Å². The normalized spacial score (nSPS) is 10.6. The monoisotopic (exact) mass is 376 g/mol. The number of carbonyl (C=O) groups is 1. The van der Waals surface area contributed by atoms with Crippen LogP contribution >= 0.6 is 0 Å². The zero-order valence-corrected chi connectivity index (χ0v) is 16.3. The van der Waals surface area contributed by atoms with Gasteiger partial charge in [0.15, 0.2) is 0 Å². The van der Waals surface area contributed by atoms with E-state index in [1.165, 1.54) is 88.4 Å². The van der Waals surface area contributed by atoms with E-state index < -0.39 is 0 Å². The number of unbranched alkanes of at least 4 members (excludes halogenated alkanes) is 11. The van der Waals surface area contributed by atoms with E-state index in [0.717, 1.165) is 5.32 Å². The fourth-order valence-corrected chi connectivity index (χ4v) is 4.11. The number of ether oxygens (including phenoxy) is 1. The first kappa shape index (κ1) is 21.7. The second-order valence-electron chi connectivity index (χ2n) is 5.87. The van der Waals surface area contributed by atoms with Gasteiger partial charge in [0.2, 0.25) is 0 Å². The molecule has 0 aromatic rings. The molecule has 0 aromatic heterocycles. The average Bonchev–Trinajstić information content (AvgIpc) is 2.54. The third kappa shape index (κ3) is 17.8. The van der Waals surface area contributed by atoms with Gasteiger partial charge in [0, 0.05) is 0 Å². The van der Waals surface area contributed by atoms with E-state index in [1.807, 2.05) is 0 Å². The molecule has 0 rings (SSSR count). The van der Waals surface area contributed by atoms with Gasteiger partial charge in [-0.25, -0.2) is 0 Å². The average molecular weight is 375 g/mol. The van der Waals surface area contributed by atoms with Gasteiger partial charge < -0.3 is 0 Å². The van der Waals surface area contributed by atoms with Crippen LogP contribution in [0.2, 0.25) is 10.6 Å². The zero-order valence-electron chi connectivity index (χ0n) is 14.6. The van der Waals surface area contributed by atoms with Crippen molar-refractivity contribution in [3.8, 4) is 0 Å². The summed E-state index contributed by atoms with van der Waals surface area (Å²) in [5.74, 6) is -0.291. The van der Waals surface area contributed by atoms with Crippen LogP contribution in [-0.4, -0.2) is 27.5 Å². The molecule has 22 heavy (non-hydrogen) atoms. The molecule has 0 heterocycles. The van der Waals surface area contributed by atoms with E-state index >= 15 is 0 Å². The molecular formula is C19H36O2Se. The minimum Gasteiger partial charge on any atom is -0.0654 e. The van der Waals surface area contributed by atoms with Gasteiger partial charge in [0.05, 0.1) is 0 Å². The smallest absolute Gasteiger partial charge is 0.0654 e. The van der Waals surface area contributed by atoms with Crippen LogP contribution in [0.5, 0.6) is 0 Å². The maximum absolute atomic E-state index is 10.8. The van der Waals surface area contributed by atoms with Crippen LogP contribution in [0.4, 0.5) is 0 Å². The Hall–Kier alpha value is -0.271. The summed E-state index contributed by atoms with van der Waals surface area (Å²) < 4.78 is 4.96. The number of carbonyl (C=O) groups excluding carboxylic acids is 1. The Morgan fingerprint density at radius 2 is 1.36 bits per heavy atom. The summed E-state index contributed by atoms with van der Waals surface area (Å²) >= 11 is 0.639. The van der Waals surface area contributed by atoms with Crippen molar-refractivity contribution >= 4 is 20.9 Å². The summed E-state index contributed by atoms with van der Waals surface area (Å²) in [5, 5.41) is 2.38. The van der Waals surface area contributed by atoms with Gasteiger partial charge in [-0.2, -0.15) is 0 Å². The Balaban J connectivity index is 2.99. The summed E-state index contributed by atoms with van der Waals surface area (Å²) in [7, 11) is 0. The van der Waals surface area contributed by atoms with Crippen molar-refractivity contribution in [1.82, 2.24) is 0 Å². The standard InChI is InChI=1S/C19H36O2Se/c1-3-5-6-7-8-9-10-11-12-13-14-15-17-22-18-16-21-19(20)4-2/h4H,2-3,5-18H2,1H3. The predicted octanol–water partition coefficient (Wildman–Crippen LogP) is 5.96. The summed E-state index contributed by atoms with van der Waals surface area (Å²) in [5.41, 5.74) is 0. The molecule has 0 N–H and O–H groups in total. The Morgan fingerprint density at radius 1 is 0.864 bits per heavy atom. The van der Waals surface area contributed by atoms with E-state index in [0.29, 0.717) is 21.6 Å². The van der Waals surface area contributed by atoms with Crippen LogP contribution in [0.25, 0.3) is 0 Å². The van der Waals surface area contributed by atoms with Crippen molar-refractivity contribution in [3.63, 3.8) is 0 Å². The molecule has 3 heteroatoms. The maximum atomic E-state index is 10.8. The second kappa shape index (κ2) is 18.8. The van der Waals surface area contributed by atoms with Gasteiger partial charge in [-0.3, -0.25) is 0 Å². The quantitative estimate of drug-likeness (QED) is 0.136. The van der Waals surface area contributed by atoms with E-state index in [4.69, 9.17) is 4.74 Å². The first-order chi connectivity index (χ1) is 10.8. The van der Waals surface area contributed by atoms with E-state index in [9.17, 15) is 4.79 Å². The number of hydrogen-bond acceptors (Lipinski definition) is 2. The molecule has 0 fully saturated rings. The number of esters is 1. The summed E-state index contributed by atoms with van der Waals surface area (Å²) in [6.45, 7) is 6.23. The van der Waals surface area contributed by atoms with Crippen molar-refractivity contribution < 1.29 is 9.53 Å². The Kier molecular flexibility index (Phi) is 18.5. The van der Waals surface area contributed by atoms with E-state index in [-0.39, 0.29) is 5.97 Å². The molecule has 0 aliphatic carbocycles. The van der Waals surface area contributed by atoms with Crippen LogP contribution in [0.1, 0.15) is 84.0 Å². The third-order valence-electron chi connectivity index (χ3n) is 3.78. The number of rotatable bonds is 17. The van der Waals surface area contributed by atoms with E-state index in [1.54, 1.807) is 0 Å². The Morgan fingerprint density at radius 3 is 1.86 bits per heavy atom. The molecule has 0 aromatic carbocycles. The van der Waals surface area contributed by atoms with E-state index in [2.05, 4.69) is 13.5 Å². The molecule has 2 nitrogen and oxygen atoms in total. The molecule has 0 amide bonds. The van der Waals surface area contributed by atoms with Gasteiger partial charge >= 0.3 is 131 Å². The van der Waals surface area contributed by atoms with Crippen LogP contribution < -0.4 is 0 Å². The molecule has 0 unspecified atom stereocenters. The zero-order chi connectivity index (χ0) is 16.3. The molecule has 0 saturated carbocycles. The van der Waals surface area contributed by atoms with Gasteiger partial charge in [0.25, 0.3) is 0 Å². The molecule has 0 atom stereocenters. The fraction of sp³-hybridized carbons (Fsp3) is 0.842. The minimum absolute atomic E-state index is 0.291. The second-order valence-corrected chi connectivity index (χ2v) is 8.44. The van der Waals surface area contributed by atoms with Gasteiger partial charge in [-0.1, -0.05) is 13.3 Å². The molecule has 0 aliphatic heterocycles. The first-order valence-electron chi connectivity index (χ1n) is 9.18. The van der Waals surface area contributed by atoms with Crippen molar-refractivity contribution in [2.75, 3.05) is 6.61 Å². The Labute approximate surface area is 144 Å². The third-order valence-corrected chi connectivity index (χ3v) is 5.95. The molecular weight excluding hydrogens is 339 g/mol. The van der Waals surface area contributed by atoms with Crippen LogP contribution in [-0.2, 0) is 9.53 Å². The molecule has 0 saturated heterocycles. The van der Waals surface area contributed by atoms with Gasteiger partial charge in [-0.15, -0.1) is 0 Å². The molecule has 130 valence electrons. The molecule has 0 bridgehead atoms. The fourth-order valence-electron chi connectivity index (χ4n) is 2.41. The SMILES string of the molecule is C=CC(=O)OCC[Se]CCCCCCCCCCCCCC. The van der Waals surface area contributed by atoms with Crippen LogP contribution in [0.15, 0.2) is 12.7 Å². The van der Waals surface area contributed by atoms with Crippen molar-refractivity contribution in [3.05, 3.63) is 12.7 Å². The van der Waals surface area contributed by atoms with Crippen molar-refractivity contribution in [1.29, 1.82) is 0 Å². The van der Waals surface area contributed by atoms with Crippen molar-refractivity contribution in [2.45, 2.75) is 94.6 Å². The molecule has 0 radical (unpaired) electrons. The first-order valence-corrected chi connectivity index (χ1v) is 11.6. The topological polar surface area (TPSA) is 26.3 Å². The summed E-state index contributed by atoms with van der Waals surface area (Å²) in [4.78, 5) is 10.8. The van der Waals surface area contributed by atoms with Gasteiger partial charge in [0.1, 0.15) is 0 Å². The Bertz CT molecular complexity index is 254.